The van der Waals surface area contributed by atoms with Crippen LogP contribution in [0.3, 0.4) is 0 Å². The van der Waals surface area contributed by atoms with Crippen molar-refractivity contribution in [3.05, 3.63) is 36.4 Å². The van der Waals surface area contributed by atoms with E-state index in [0.29, 0.717) is 24.7 Å². The average Bonchev–Trinajstić information content (AvgIpc) is 2.71. The molecular formula is C9H9FN4O. The van der Waals surface area contributed by atoms with Crippen molar-refractivity contribution in [2.75, 3.05) is 11.9 Å². The van der Waals surface area contributed by atoms with Crippen LogP contribution in [-0.4, -0.2) is 21.7 Å². The van der Waals surface area contributed by atoms with Crippen molar-refractivity contribution >= 4 is 5.82 Å². The van der Waals surface area contributed by atoms with Gasteiger partial charge in [0.15, 0.2) is 6.33 Å². The molecule has 0 fully saturated rings. The highest BCUT2D eigenvalue weighted by Crippen LogP contribution is 2.03. The summed E-state index contributed by atoms with van der Waals surface area (Å²) in [5.74, 6) is 0.534. The van der Waals surface area contributed by atoms with E-state index in [1.807, 2.05) is 0 Å². The second-order valence-corrected chi connectivity index (χ2v) is 2.86. The number of nitrogens with one attached hydrogen (secondary N) is 1. The zero-order valence-electron chi connectivity index (χ0n) is 7.85. The van der Waals surface area contributed by atoms with E-state index < -0.39 is 5.95 Å². The Hall–Kier alpha value is -1.98. The maximum atomic E-state index is 12.7. The van der Waals surface area contributed by atoms with Gasteiger partial charge in [-0.05, 0) is 12.1 Å². The van der Waals surface area contributed by atoms with E-state index in [-0.39, 0.29) is 0 Å². The molecular weight excluding hydrogens is 199 g/mol. The Kier molecular flexibility index (Phi) is 2.87. The zero-order valence-corrected chi connectivity index (χ0v) is 7.85. The Morgan fingerprint density at radius 3 is 3.07 bits per heavy atom. The minimum absolute atomic E-state index is 0.495. The Labute approximate surface area is 85.3 Å². The lowest BCUT2D eigenvalue weighted by Crippen LogP contribution is -2.06. The van der Waals surface area contributed by atoms with E-state index >= 15 is 0 Å². The van der Waals surface area contributed by atoms with Gasteiger partial charge in [0, 0.05) is 13.0 Å². The number of rotatable bonds is 4. The largest absolute Gasteiger partial charge is 0.369 e. The van der Waals surface area contributed by atoms with E-state index in [1.165, 1.54) is 12.4 Å². The molecule has 0 unspecified atom stereocenters. The average molecular weight is 208 g/mol. The van der Waals surface area contributed by atoms with Crippen LogP contribution in [-0.2, 0) is 6.42 Å². The Bertz CT molecular complexity index is 418. The summed E-state index contributed by atoms with van der Waals surface area (Å²) in [6.07, 6.45) is 1.92. The summed E-state index contributed by atoms with van der Waals surface area (Å²) < 4.78 is 17.5. The standard InChI is InChI=1S/C9H9FN4O/c10-7-2-1-3-8(14-7)11-5-4-9-12-6-13-15-9/h1-3,6H,4-5H2,(H,11,14). The van der Waals surface area contributed by atoms with E-state index in [1.54, 1.807) is 12.1 Å². The number of pyridine rings is 1. The van der Waals surface area contributed by atoms with Gasteiger partial charge < -0.3 is 9.84 Å². The predicted molar refractivity (Wildman–Crippen MR) is 50.7 cm³/mol. The highest BCUT2D eigenvalue weighted by atomic mass is 19.1. The molecule has 0 atom stereocenters. The van der Waals surface area contributed by atoms with Crippen LogP contribution in [0.5, 0.6) is 0 Å². The van der Waals surface area contributed by atoms with E-state index in [0.717, 1.165) is 0 Å². The summed E-state index contributed by atoms with van der Waals surface area (Å²) in [7, 11) is 0. The van der Waals surface area contributed by atoms with E-state index in [4.69, 9.17) is 4.52 Å². The third-order valence-corrected chi connectivity index (χ3v) is 1.77. The normalized spacial score (nSPS) is 10.2. The van der Waals surface area contributed by atoms with Crippen molar-refractivity contribution in [1.82, 2.24) is 15.1 Å². The Morgan fingerprint density at radius 1 is 1.40 bits per heavy atom. The van der Waals surface area contributed by atoms with Crippen LogP contribution in [0.15, 0.2) is 29.0 Å². The minimum atomic E-state index is -0.502. The van der Waals surface area contributed by atoms with Crippen molar-refractivity contribution in [3.8, 4) is 0 Å². The summed E-state index contributed by atoms with van der Waals surface area (Å²) >= 11 is 0. The van der Waals surface area contributed by atoms with Crippen LogP contribution in [0.4, 0.5) is 10.2 Å². The summed E-state index contributed by atoms with van der Waals surface area (Å²) in [6.45, 7) is 0.568. The molecule has 2 aromatic rings. The molecule has 0 amide bonds. The number of hydrogen-bond acceptors (Lipinski definition) is 5. The van der Waals surface area contributed by atoms with E-state index in [2.05, 4.69) is 20.4 Å². The number of anilines is 1. The van der Waals surface area contributed by atoms with Gasteiger partial charge in [-0.15, -0.1) is 0 Å². The maximum Gasteiger partial charge on any atom is 0.228 e. The van der Waals surface area contributed by atoms with Gasteiger partial charge in [0.1, 0.15) is 5.82 Å². The lowest BCUT2D eigenvalue weighted by molar-refractivity contribution is 0.379. The molecule has 1 N–H and O–H groups in total. The Morgan fingerprint density at radius 2 is 2.33 bits per heavy atom. The van der Waals surface area contributed by atoms with Gasteiger partial charge in [0.25, 0.3) is 0 Å². The van der Waals surface area contributed by atoms with Gasteiger partial charge in [-0.25, -0.2) is 4.98 Å². The number of halogens is 1. The highest BCUT2D eigenvalue weighted by Gasteiger charge is 1.99. The molecule has 0 spiro atoms. The van der Waals surface area contributed by atoms with Gasteiger partial charge in [0.05, 0.1) is 0 Å². The van der Waals surface area contributed by atoms with Crippen LogP contribution in [0, 0.1) is 5.95 Å². The zero-order chi connectivity index (χ0) is 10.5. The second kappa shape index (κ2) is 4.50. The topological polar surface area (TPSA) is 63.8 Å². The molecule has 2 heterocycles. The van der Waals surface area contributed by atoms with Crippen LogP contribution >= 0.6 is 0 Å². The summed E-state index contributed by atoms with van der Waals surface area (Å²) in [5, 5.41) is 6.42. The molecule has 0 saturated carbocycles. The molecule has 0 bridgehead atoms. The predicted octanol–water partition coefficient (Wildman–Crippen LogP) is 1.26. The summed E-state index contributed by atoms with van der Waals surface area (Å²) in [6, 6.07) is 4.58. The third-order valence-electron chi connectivity index (χ3n) is 1.77. The van der Waals surface area contributed by atoms with E-state index in [9.17, 15) is 4.39 Å². The van der Waals surface area contributed by atoms with Crippen LogP contribution in [0.25, 0.3) is 0 Å². The quantitative estimate of drug-likeness (QED) is 0.766. The summed E-state index contributed by atoms with van der Waals surface area (Å²) in [5.41, 5.74) is 0. The van der Waals surface area contributed by atoms with Crippen molar-refractivity contribution in [2.45, 2.75) is 6.42 Å². The van der Waals surface area contributed by atoms with Gasteiger partial charge in [0.2, 0.25) is 11.8 Å². The first kappa shape index (κ1) is 9.57. The van der Waals surface area contributed by atoms with Gasteiger partial charge >= 0.3 is 0 Å². The molecule has 6 heteroatoms. The molecule has 0 aliphatic rings. The monoisotopic (exact) mass is 208 g/mol. The van der Waals surface area contributed by atoms with Gasteiger partial charge in [-0.2, -0.15) is 9.37 Å². The first-order valence-electron chi connectivity index (χ1n) is 4.46. The van der Waals surface area contributed by atoms with Crippen LogP contribution < -0.4 is 5.32 Å². The molecule has 5 nitrogen and oxygen atoms in total. The Balaban J connectivity index is 1.83. The van der Waals surface area contributed by atoms with Gasteiger partial charge in [-0.3, -0.25) is 0 Å². The number of nitrogens with zero attached hydrogens (tertiary/aromatic N) is 3. The fourth-order valence-corrected chi connectivity index (χ4v) is 1.11. The SMILES string of the molecule is Fc1cccc(NCCc2ncno2)n1. The number of hydrogen-bond donors (Lipinski definition) is 1. The molecule has 2 aromatic heterocycles. The third kappa shape index (κ3) is 2.73. The van der Waals surface area contributed by atoms with Crippen molar-refractivity contribution in [2.24, 2.45) is 0 Å². The van der Waals surface area contributed by atoms with Crippen LogP contribution in [0.1, 0.15) is 5.89 Å². The first-order valence-corrected chi connectivity index (χ1v) is 4.46. The molecule has 0 saturated heterocycles. The molecule has 0 radical (unpaired) electrons. The molecule has 15 heavy (non-hydrogen) atoms. The fourth-order valence-electron chi connectivity index (χ4n) is 1.11. The van der Waals surface area contributed by atoms with Crippen LogP contribution in [0.2, 0.25) is 0 Å². The van der Waals surface area contributed by atoms with Crippen molar-refractivity contribution < 1.29 is 8.91 Å². The molecule has 0 aliphatic heterocycles. The fraction of sp³-hybridized carbons (Fsp3) is 0.222. The minimum Gasteiger partial charge on any atom is -0.369 e. The first-order chi connectivity index (χ1) is 7.34. The lowest BCUT2D eigenvalue weighted by Gasteiger charge is -2.02. The smallest absolute Gasteiger partial charge is 0.228 e. The molecule has 78 valence electrons. The molecule has 2 rings (SSSR count). The molecule has 0 aliphatic carbocycles. The maximum absolute atomic E-state index is 12.7. The summed E-state index contributed by atoms with van der Waals surface area (Å²) in [4.78, 5) is 7.50. The van der Waals surface area contributed by atoms with Gasteiger partial charge in [-0.1, -0.05) is 11.2 Å². The second-order valence-electron chi connectivity index (χ2n) is 2.86. The van der Waals surface area contributed by atoms with Crippen molar-refractivity contribution in [1.29, 1.82) is 0 Å². The molecule has 0 aromatic carbocycles. The van der Waals surface area contributed by atoms with Crippen molar-refractivity contribution in [3.63, 3.8) is 0 Å². The lowest BCUT2D eigenvalue weighted by atomic mass is 10.4. The number of aromatic nitrogens is 3. The highest BCUT2D eigenvalue weighted by molar-refractivity contribution is 5.33.